The van der Waals surface area contributed by atoms with E-state index in [1.807, 2.05) is 4.90 Å². The highest BCUT2D eigenvalue weighted by atomic mass is 35.5. The van der Waals surface area contributed by atoms with Gasteiger partial charge in [-0.2, -0.15) is 0 Å². The van der Waals surface area contributed by atoms with E-state index in [9.17, 15) is 4.79 Å². The van der Waals surface area contributed by atoms with Crippen molar-refractivity contribution in [1.29, 1.82) is 0 Å². The molecule has 0 saturated carbocycles. The zero-order valence-corrected chi connectivity index (χ0v) is 10.1. The number of carbonyl (C=O) groups excluding carboxylic acids is 1. The topological polar surface area (TPSA) is 33.2 Å². The number of rotatable bonds is 3. The number of thiazole rings is 1. The molecule has 15 heavy (non-hydrogen) atoms. The van der Waals surface area contributed by atoms with Gasteiger partial charge < -0.3 is 4.90 Å². The number of aromatic nitrogens is 1. The smallest absolute Gasteiger partial charge is 0.223 e. The highest BCUT2D eigenvalue weighted by Gasteiger charge is 2.28. The van der Waals surface area contributed by atoms with Gasteiger partial charge in [0.15, 0.2) is 4.47 Å². The maximum Gasteiger partial charge on any atom is 0.223 e. The molecule has 1 amide bonds. The Kier molecular flexibility index (Phi) is 3.26. The van der Waals surface area contributed by atoms with Crippen LogP contribution in [0.15, 0.2) is 6.20 Å². The van der Waals surface area contributed by atoms with E-state index in [2.05, 4.69) is 11.9 Å². The lowest BCUT2D eigenvalue weighted by molar-refractivity contribution is -0.128. The van der Waals surface area contributed by atoms with E-state index in [0.29, 0.717) is 23.4 Å². The number of nitrogens with zero attached hydrogens (tertiary/aromatic N) is 2. The summed E-state index contributed by atoms with van der Waals surface area (Å²) in [4.78, 5) is 18.6. The molecule has 2 heterocycles. The summed E-state index contributed by atoms with van der Waals surface area (Å²) in [7, 11) is 0. The van der Waals surface area contributed by atoms with Gasteiger partial charge in [0.25, 0.3) is 0 Å². The van der Waals surface area contributed by atoms with Gasteiger partial charge in [0.1, 0.15) is 0 Å². The van der Waals surface area contributed by atoms with Crippen LogP contribution in [0.5, 0.6) is 0 Å². The number of likely N-dealkylation sites (tertiary alicyclic amines) is 1. The summed E-state index contributed by atoms with van der Waals surface area (Å²) in [5.41, 5.74) is 0. The van der Waals surface area contributed by atoms with Gasteiger partial charge in [-0.3, -0.25) is 4.79 Å². The second kappa shape index (κ2) is 4.49. The Balaban J connectivity index is 1.98. The van der Waals surface area contributed by atoms with E-state index in [0.717, 1.165) is 17.8 Å². The molecule has 0 aromatic carbocycles. The van der Waals surface area contributed by atoms with Crippen LogP contribution in [0.3, 0.4) is 0 Å². The van der Waals surface area contributed by atoms with Crippen molar-refractivity contribution in [2.45, 2.75) is 26.3 Å². The van der Waals surface area contributed by atoms with Gasteiger partial charge in [0.05, 0.1) is 6.54 Å². The molecular weight excluding hydrogens is 232 g/mol. The van der Waals surface area contributed by atoms with Crippen molar-refractivity contribution in [3.8, 4) is 0 Å². The average Bonchev–Trinajstić information content (AvgIpc) is 2.75. The van der Waals surface area contributed by atoms with E-state index in [4.69, 9.17) is 11.6 Å². The normalized spacial score (nSPS) is 21.3. The lowest BCUT2D eigenvalue weighted by Crippen LogP contribution is -2.24. The van der Waals surface area contributed by atoms with Crippen LogP contribution in [0, 0.1) is 5.92 Å². The molecule has 1 aromatic heterocycles. The van der Waals surface area contributed by atoms with E-state index in [-0.39, 0.29) is 5.91 Å². The van der Waals surface area contributed by atoms with E-state index in [1.54, 1.807) is 6.20 Å². The first kappa shape index (κ1) is 10.9. The molecule has 1 atom stereocenters. The van der Waals surface area contributed by atoms with Crippen molar-refractivity contribution in [3.05, 3.63) is 15.5 Å². The molecule has 1 aliphatic rings. The second-order valence-corrected chi connectivity index (χ2v) is 5.53. The van der Waals surface area contributed by atoms with Gasteiger partial charge in [-0.25, -0.2) is 4.98 Å². The van der Waals surface area contributed by atoms with Crippen LogP contribution in [0.2, 0.25) is 4.47 Å². The summed E-state index contributed by atoms with van der Waals surface area (Å²) in [6.07, 6.45) is 3.52. The molecule has 0 spiro atoms. The standard InChI is InChI=1S/C10H13ClN2OS/c1-2-7-3-9(14)13(5-7)6-8-4-12-10(11)15-8/h4,7H,2-3,5-6H2,1H3. The van der Waals surface area contributed by atoms with Crippen molar-refractivity contribution in [2.75, 3.05) is 6.54 Å². The van der Waals surface area contributed by atoms with Crippen LogP contribution in [0.1, 0.15) is 24.6 Å². The lowest BCUT2D eigenvalue weighted by Gasteiger charge is -2.14. The summed E-state index contributed by atoms with van der Waals surface area (Å²) < 4.78 is 0.545. The first-order valence-electron chi connectivity index (χ1n) is 5.07. The number of carbonyl (C=O) groups is 1. The third kappa shape index (κ3) is 2.49. The molecule has 1 aliphatic heterocycles. The number of halogens is 1. The maximum atomic E-state index is 11.6. The predicted molar refractivity (Wildman–Crippen MR) is 60.9 cm³/mol. The van der Waals surface area contributed by atoms with E-state index >= 15 is 0 Å². The largest absolute Gasteiger partial charge is 0.337 e. The monoisotopic (exact) mass is 244 g/mol. The van der Waals surface area contributed by atoms with E-state index < -0.39 is 0 Å². The molecule has 0 aliphatic carbocycles. The Labute approximate surface area is 98.1 Å². The molecular formula is C10H13ClN2OS. The Morgan fingerprint density at radius 2 is 2.53 bits per heavy atom. The zero-order chi connectivity index (χ0) is 10.8. The Morgan fingerprint density at radius 1 is 1.73 bits per heavy atom. The molecule has 0 radical (unpaired) electrons. The van der Waals surface area contributed by atoms with Gasteiger partial charge in [0, 0.05) is 24.0 Å². The molecule has 1 saturated heterocycles. The van der Waals surface area contributed by atoms with Crippen LogP contribution in [0.25, 0.3) is 0 Å². The molecule has 5 heteroatoms. The first-order valence-corrected chi connectivity index (χ1v) is 6.26. The van der Waals surface area contributed by atoms with Crippen molar-refractivity contribution in [3.63, 3.8) is 0 Å². The summed E-state index contributed by atoms with van der Waals surface area (Å²) in [5, 5.41) is 0. The minimum atomic E-state index is 0.256. The fourth-order valence-corrected chi connectivity index (χ4v) is 2.82. The second-order valence-electron chi connectivity index (χ2n) is 3.83. The van der Waals surface area contributed by atoms with Crippen LogP contribution in [-0.4, -0.2) is 22.3 Å². The SMILES string of the molecule is CCC1CC(=O)N(Cc2cnc(Cl)s2)C1. The molecule has 82 valence electrons. The van der Waals surface area contributed by atoms with Gasteiger partial charge in [0.2, 0.25) is 5.91 Å². The Hall–Kier alpha value is -0.610. The molecule has 2 rings (SSSR count). The molecule has 0 N–H and O–H groups in total. The van der Waals surface area contributed by atoms with Crippen molar-refractivity contribution in [1.82, 2.24) is 9.88 Å². The predicted octanol–water partition coefficient (Wildman–Crippen LogP) is 2.56. The highest BCUT2D eigenvalue weighted by Crippen LogP contribution is 2.25. The van der Waals surface area contributed by atoms with Gasteiger partial charge in [-0.15, -0.1) is 11.3 Å². The molecule has 0 bridgehead atoms. The number of hydrogen-bond donors (Lipinski definition) is 0. The van der Waals surface area contributed by atoms with Gasteiger partial charge in [-0.05, 0) is 5.92 Å². The van der Waals surface area contributed by atoms with Crippen LogP contribution in [-0.2, 0) is 11.3 Å². The minimum absolute atomic E-state index is 0.256. The van der Waals surface area contributed by atoms with Crippen LogP contribution in [0.4, 0.5) is 0 Å². The summed E-state index contributed by atoms with van der Waals surface area (Å²) in [6.45, 7) is 3.68. The quantitative estimate of drug-likeness (QED) is 0.819. The first-order chi connectivity index (χ1) is 7.19. The highest BCUT2D eigenvalue weighted by molar-refractivity contribution is 7.15. The summed E-state index contributed by atoms with van der Waals surface area (Å²) >= 11 is 7.19. The van der Waals surface area contributed by atoms with Crippen molar-refractivity contribution < 1.29 is 4.79 Å². The maximum absolute atomic E-state index is 11.6. The summed E-state index contributed by atoms with van der Waals surface area (Å²) in [6, 6.07) is 0. The fraction of sp³-hybridized carbons (Fsp3) is 0.600. The van der Waals surface area contributed by atoms with E-state index in [1.165, 1.54) is 11.3 Å². The Morgan fingerprint density at radius 3 is 3.07 bits per heavy atom. The molecule has 3 nitrogen and oxygen atoms in total. The van der Waals surface area contributed by atoms with Crippen molar-refractivity contribution >= 4 is 28.8 Å². The van der Waals surface area contributed by atoms with Crippen LogP contribution < -0.4 is 0 Å². The van der Waals surface area contributed by atoms with Gasteiger partial charge in [-0.1, -0.05) is 24.9 Å². The molecule has 1 fully saturated rings. The minimum Gasteiger partial charge on any atom is -0.337 e. The third-order valence-corrected chi connectivity index (χ3v) is 3.84. The third-order valence-electron chi connectivity index (χ3n) is 2.74. The van der Waals surface area contributed by atoms with Crippen molar-refractivity contribution in [2.24, 2.45) is 5.92 Å². The fourth-order valence-electron chi connectivity index (χ4n) is 1.83. The number of hydrogen-bond acceptors (Lipinski definition) is 3. The Bertz CT molecular complexity index is 366. The van der Waals surface area contributed by atoms with Crippen LogP contribution >= 0.6 is 22.9 Å². The number of amides is 1. The zero-order valence-electron chi connectivity index (χ0n) is 8.57. The lowest BCUT2D eigenvalue weighted by atomic mass is 10.1. The molecule has 1 aromatic rings. The average molecular weight is 245 g/mol. The summed E-state index contributed by atoms with van der Waals surface area (Å²) in [5.74, 6) is 0.785. The van der Waals surface area contributed by atoms with Gasteiger partial charge >= 0.3 is 0 Å². The molecule has 1 unspecified atom stereocenters.